The molecule has 0 amide bonds. The Morgan fingerprint density at radius 1 is 1.28 bits per heavy atom. The first-order chi connectivity index (χ1) is 8.67. The third-order valence-electron chi connectivity index (χ3n) is 5.26. The second-order valence-corrected chi connectivity index (χ2v) is 6.51. The summed E-state index contributed by atoms with van der Waals surface area (Å²) in [4.78, 5) is 2.54. The van der Waals surface area contributed by atoms with Gasteiger partial charge in [0.2, 0.25) is 0 Å². The fourth-order valence-corrected chi connectivity index (χ4v) is 3.72. The lowest BCUT2D eigenvalue weighted by Gasteiger charge is -2.41. The van der Waals surface area contributed by atoms with Crippen LogP contribution in [0.4, 0.5) is 0 Å². The van der Waals surface area contributed by atoms with Crippen LogP contribution in [0.1, 0.15) is 58.8 Å². The van der Waals surface area contributed by atoms with E-state index in [0.29, 0.717) is 12.1 Å². The van der Waals surface area contributed by atoms with Crippen LogP contribution in [0, 0.1) is 29.1 Å². The summed E-state index contributed by atoms with van der Waals surface area (Å²) in [5, 5.41) is 9.39. The standard InChI is InChI=1S/C16H28N2/c1-4-5-13-6-7-15(11-17)16(10-13)18(3)12(2)14-8-9-14/h12-16H,4-10H2,1-3H3. The van der Waals surface area contributed by atoms with Crippen molar-refractivity contribution in [1.29, 1.82) is 5.26 Å². The van der Waals surface area contributed by atoms with Crippen LogP contribution in [-0.4, -0.2) is 24.0 Å². The van der Waals surface area contributed by atoms with Crippen molar-refractivity contribution in [2.24, 2.45) is 17.8 Å². The van der Waals surface area contributed by atoms with Gasteiger partial charge < -0.3 is 0 Å². The highest BCUT2D eigenvalue weighted by molar-refractivity contribution is 4.99. The summed E-state index contributed by atoms with van der Waals surface area (Å²) >= 11 is 0. The van der Waals surface area contributed by atoms with Crippen LogP contribution in [0.15, 0.2) is 0 Å². The molecule has 0 saturated heterocycles. The lowest BCUT2D eigenvalue weighted by atomic mass is 9.76. The molecule has 102 valence electrons. The van der Waals surface area contributed by atoms with Gasteiger partial charge in [-0.1, -0.05) is 19.8 Å². The van der Waals surface area contributed by atoms with Crippen LogP contribution < -0.4 is 0 Å². The molecule has 2 saturated carbocycles. The minimum atomic E-state index is 0.268. The zero-order valence-corrected chi connectivity index (χ0v) is 12.2. The average Bonchev–Trinajstić information content (AvgIpc) is 3.21. The third-order valence-corrected chi connectivity index (χ3v) is 5.26. The molecule has 0 aromatic carbocycles. The molecule has 0 aromatic heterocycles. The molecule has 0 radical (unpaired) electrons. The van der Waals surface area contributed by atoms with Crippen molar-refractivity contribution in [2.45, 2.75) is 70.9 Å². The SMILES string of the molecule is CCCC1CCC(C#N)C(N(C)C(C)C2CC2)C1. The van der Waals surface area contributed by atoms with Gasteiger partial charge in [-0.3, -0.25) is 4.90 Å². The normalized spacial score (nSPS) is 34.3. The third kappa shape index (κ3) is 3.06. The van der Waals surface area contributed by atoms with Crippen LogP contribution in [0.5, 0.6) is 0 Å². The molecule has 2 aliphatic carbocycles. The molecule has 18 heavy (non-hydrogen) atoms. The van der Waals surface area contributed by atoms with Crippen LogP contribution in [0.25, 0.3) is 0 Å². The van der Waals surface area contributed by atoms with E-state index in [-0.39, 0.29) is 5.92 Å². The molecule has 4 atom stereocenters. The van der Waals surface area contributed by atoms with E-state index >= 15 is 0 Å². The van der Waals surface area contributed by atoms with Crippen molar-refractivity contribution >= 4 is 0 Å². The Morgan fingerprint density at radius 3 is 2.56 bits per heavy atom. The van der Waals surface area contributed by atoms with Gasteiger partial charge in [-0.05, 0) is 57.9 Å². The Morgan fingerprint density at radius 2 is 2.00 bits per heavy atom. The zero-order valence-electron chi connectivity index (χ0n) is 12.2. The van der Waals surface area contributed by atoms with Crippen molar-refractivity contribution in [3.63, 3.8) is 0 Å². The molecule has 2 rings (SSSR count). The maximum atomic E-state index is 9.39. The molecule has 2 fully saturated rings. The van der Waals surface area contributed by atoms with Crippen molar-refractivity contribution in [3.8, 4) is 6.07 Å². The van der Waals surface area contributed by atoms with Gasteiger partial charge >= 0.3 is 0 Å². The van der Waals surface area contributed by atoms with Gasteiger partial charge in [0.15, 0.2) is 0 Å². The van der Waals surface area contributed by atoms with E-state index in [1.807, 2.05) is 0 Å². The van der Waals surface area contributed by atoms with Crippen molar-refractivity contribution < 1.29 is 0 Å². The fraction of sp³-hybridized carbons (Fsp3) is 0.938. The summed E-state index contributed by atoms with van der Waals surface area (Å²) in [7, 11) is 2.26. The molecule has 0 N–H and O–H groups in total. The molecule has 4 unspecified atom stereocenters. The first-order valence-electron chi connectivity index (χ1n) is 7.78. The fourth-order valence-electron chi connectivity index (χ4n) is 3.72. The van der Waals surface area contributed by atoms with E-state index in [2.05, 4.69) is 31.9 Å². The number of hydrogen-bond donors (Lipinski definition) is 0. The van der Waals surface area contributed by atoms with E-state index in [4.69, 9.17) is 0 Å². The smallest absolute Gasteiger partial charge is 0.0672 e. The maximum Gasteiger partial charge on any atom is 0.0672 e. The van der Waals surface area contributed by atoms with Crippen molar-refractivity contribution in [1.82, 2.24) is 4.90 Å². The Balaban J connectivity index is 1.98. The molecule has 0 aliphatic heterocycles. The predicted molar refractivity (Wildman–Crippen MR) is 75.1 cm³/mol. The highest BCUT2D eigenvalue weighted by atomic mass is 15.2. The molecule has 2 nitrogen and oxygen atoms in total. The second-order valence-electron chi connectivity index (χ2n) is 6.51. The topological polar surface area (TPSA) is 27.0 Å². The highest BCUT2D eigenvalue weighted by Gasteiger charge is 2.38. The maximum absolute atomic E-state index is 9.39. The summed E-state index contributed by atoms with van der Waals surface area (Å²) in [6, 6.07) is 3.75. The Kier molecular flexibility index (Phi) is 4.67. The molecule has 2 aliphatic rings. The first kappa shape index (κ1) is 13.9. The van der Waals surface area contributed by atoms with E-state index in [0.717, 1.165) is 18.3 Å². The van der Waals surface area contributed by atoms with E-state index < -0.39 is 0 Å². The monoisotopic (exact) mass is 248 g/mol. The minimum absolute atomic E-state index is 0.268. The van der Waals surface area contributed by atoms with Crippen molar-refractivity contribution in [3.05, 3.63) is 0 Å². The zero-order chi connectivity index (χ0) is 13.1. The Hall–Kier alpha value is -0.550. The summed E-state index contributed by atoms with van der Waals surface area (Å²) < 4.78 is 0. The van der Waals surface area contributed by atoms with Crippen LogP contribution in [0.2, 0.25) is 0 Å². The van der Waals surface area contributed by atoms with Gasteiger partial charge in [0.25, 0.3) is 0 Å². The molecule has 2 heteroatoms. The summed E-state index contributed by atoms with van der Waals surface area (Å²) in [5.41, 5.74) is 0. The highest BCUT2D eigenvalue weighted by Crippen LogP contribution is 2.39. The van der Waals surface area contributed by atoms with Gasteiger partial charge in [0.1, 0.15) is 0 Å². The van der Waals surface area contributed by atoms with Crippen LogP contribution in [0.3, 0.4) is 0 Å². The largest absolute Gasteiger partial charge is 0.299 e. The number of rotatable bonds is 5. The minimum Gasteiger partial charge on any atom is -0.299 e. The predicted octanol–water partition coefficient (Wildman–Crippen LogP) is 3.83. The average molecular weight is 248 g/mol. The Labute approximate surface area is 112 Å². The van der Waals surface area contributed by atoms with E-state index in [9.17, 15) is 5.26 Å². The molecule has 0 heterocycles. The van der Waals surface area contributed by atoms with Gasteiger partial charge in [-0.2, -0.15) is 5.26 Å². The lowest BCUT2D eigenvalue weighted by Crippen LogP contribution is -2.46. The van der Waals surface area contributed by atoms with Crippen LogP contribution >= 0.6 is 0 Å². The molecular weight excluding hydrogens is 220 g/mol. The van der Waals surface area contributed by atoms with E-state index in [1.54, 1.807) is 0 Å². The number of nitrogens with zero attached hydrogens (tertiary/aromatic N) is 2. The molecule has 0 aromatic rings. The van der Waals surface area contributed by atoms with Crippen molar-refractivity contribution in [2.75, 3.05) is 7.05 Å². The first-order valence-corrected chi connectivity index (χ1v) is 7.78. The lowest BCUT2D eigenvalue weighted by molar-refractivity contribution is 0.0823. The molecule has 0 bridgehead atoms. The summed E-state index contributed by atoms with van der Waals surface area (Å²) in [6.07, 6.45) is 9.07. The van der Waals surface area contributed by atoms with E-state index in [1.165, 1.54) is 38.5 Å². The van der Waals surface area contributed by atoms with Gasteiger partial charge in [-0.25, -0.2) is 0 Å². The summed E-state index contributed by atoms with van der Waals surface area (Å²) in [5.74, 6) is 2.03. The molecule has 0 spiro atoms. The number of nitriles is 1. The summed E-state index contributed by atoms with van der Waals surface area (Å²) in [6.45, 7) is 4.64. The van der Waals surface area contributed by atoms with Gasteiger partial charge in [-0.15, -0.1) is 0 Å². The molecular formula is C16H28N2. The second kappa shape index (κ2) is 6.06. The Bertz CT molecular complexity index is 303. The quantitative estimate of drug-likeness (QED) is 0.739. The van der Waals surface area contributed by atoms with Crippen LogP contribution in [-0.2, 0) is 0 Å². The van der Waals surface area contributed by atoms with Gasteiger partial charge in [0.05, 0.1) is 12.0 Å². The van der Waals surface area contributed by atoms with Gasteiger partial charge in [0, 0.05) is 12.1 Å². The number of hydrogen-bond acceptors (Lipinski definition) is 2.